The van der Waals surface area contributed by atoms with Gasteiger partial charge in [-0.1, -0.05) is 31.9 Å². The van der Waals surface area contributed by atoms with Crippen molar-refractivity contribution < 1.29 is 32.3 Å². The van der Waals surface area contributed by atoms with E-state index in [9.17, 15) is 32.8 Å². The zero-order chi connectivity index (χ0) is 32.5. The molecule has 45 heavy (non-hydrogen) atoms. The highest BCUT2D eigenvalue weighted by Crippen LogP contribution is 2.65. The Morgan fingerprint density at radius 3 is 2.49 bits per heavy atom. The highest BCUT2D eigenvalue weighted by Gasteiger charge is 2.70. The number of aromatic nitrogens is 1. The molecule has 6 rings (SSSR count). The molecule has 3 aliphatic carbocycles. The lowest BCUT2D eigenvalue weighted by atomic mass is 9.96. The second-order valence-corrected chi connectivity index (χ2v) is 13.3. The number of piperidine rings is 1. The number of alkyl halides is 3. The van der Waals surface area contributed by atoms with Gasteiger partial charge in [-0.2, -0.15) is 18.4 Å². The Labute approximate surface area is 258 Å². The van der Waals surface area contributed by atoms with Crippen LogP contribution in [0.2, 0.25) is 0 Å². The highest BCUT2D eigenvalue weighted by molar-refractivity contribution is 5.96. The number of amides is 3. The van der Waals surface area contributed by atoms with Crippen LogP contribution in [0.1, 0.15) is 63.6 Å². The minimum atomic E-state index is -5.22. The smallest absolute Gasteiger partial charge is 0.369 e. The Hall–Kier alpha value is -4.16. The van der Waals surface area contributed by atoms with E-state index in [4.69, 9.17) is 11.2 Å². The summed E-state index contributed by atoms with van der Waals surface area (Å²) in [6.45, 7) is 5.52. The number of likely N-dealkylation sites (tertiary alicyclic amines) is 1. The summed E-state index contributed by atoms with van der Waals surface area (Å²) in [6.07, 6.45) is 5.84. The van der Waals surface area contributed by atoms with Crippen molar-refractivity contribution in [2.45, 2.75) is 82.5 Å². The highest BCUT2D eigenvalue weighted by atomic mass is 19.4. The topological polar surface area (TPSA) is 124 Å². The Balaban J connectivity index is 1.29. The van der Waals surface area contributed by atoms with Gasteiger partial charge in [-0.05, 0) is 61.8 Å². The number of hydrogen-bond acceptors (Lipinski definition) is 6. The second kappa shape index (κ2) is 10.7. The number of benzene rings is 1. The van der Waals surface area contributed by atoms with Crippen molar-refractivity contribution >= 4 is 28.5 Å². The minimum Gasteiger partial charge on any atom is -0.369 e. The van der Waals surface area contributed by atoms with E-state index in [1.807, 2.05) is 19.2 Å². The van der Waals surface area contributed by atoms with Crippen LogP contribution in [0.25, 0.3) is 10.8 Å². The van der Waals surface area contributed by atoms with Crippen molar-refractivity contribution in [3.63, 3.8) is 0 Å². The summed E-state index contributed by atoms with van der Waals surface area (Å²) in [5.41, 5.74) is 0.0790. The van der Waals surface area contributed by atoms with Gasteiger partial charge >= 0.3 is 12.1 Å². The van der Waals surface area contributed by atoms with Gasteiger partial charge in [0.05, 0.1) is 17.8 Å². The SMILES string of the molecule is C#Cc1cccc2cncc(C(C#N)NC(=O)[C@@H]3[C@@H]4[C@H](CN3C(=O)[C@@H](NC(=O)C(F)(F)F)[C@@H](C)OC3(C5CC5)CC3)C4(C)C)c12. The molecule has 0 bridgehead atoms. The van der Waals surface area contributed by atoms with Crippen LogP contribution < -0.4 is 10.6 Å². The molecule has 4 aliphatic rings. The van der Waals surface area contributed by atoms with Crippen LogP contribution >= 0.6 is 0 Å². The normalized spacial score (nSPS) is 26.0. The number of rotatable bonds is 9. The number of carbonyl (C=O) groups is 3. The third kappa shape index (κ3) is 5.39. The summed E-state index contributed by atoms with van der Waals surface area (Å²) in [4.78, 5) is 45.7. The summed E-state index contributed by atoms with van der Waals surface area (Å²) < 4.78 is 46.4. The first-order valence-electron chi connectivity index (χ1n) is 15.1. The van der Waals surface area contributed by atoms with Gasteiger partial charge in [-0.25, -0.2) is 0 Å². The number of terminal acetylenes is 1. The van der Waals surface area contributed by atoms with Gasteiger partial charge in [0.25, 0.3) is 0 Å². The minimum absolute atomic E-state index is 0.0959. The molecule has 2 heterocycles. The molecule has 0 radical (unpaired) electrons. The third-order valence-electron chi connectivity index (χ3n) is 10.2. The van der Waals surface area contributed by atoms with Gasteiger partial charge in [0, 0.05) is 40.8 Å². The molecule has 6 atom stereocenters. The monoisotopic (exact) mass is 621 g/mol. The van der Waals surface area contributed by atoms with E-state index in [2.05, 4.69) is 22.3 Å². The third-order valence-corrected chi connectivity index (χ3v) is 10.2. The van der Waals surface area contributed by atoms with Gasteiger partial charge < -0.3 is 20.3 Å². The molecule has 1 saturated heterocycles. The van der Waals surface area contributed by atoms with E-state index in [0.717, 1.165) is 25.7 Å². The number of ether oxygens (including phenoxy) is 1. The Kier molecular flexibility index (Phi) is 7.36. The molecule has 1 aliphatic heterocycles. The Morgan fingerprint density at radius 2 is 1.89 bits per heavy atom. The van der Waals surface area contributed by atoms with Gasteiger partial charge in [0.2, 0.25) is 11.8 Å². The van der Waals surface area contributed by atoms with Gasteiger partial charge in [-0.15, -0.1) is 6.42 Å². The zero-order valence-electron chi connectivity index (χ0n) is 25.1. The number of nitrogens with zero attached hydrogens (tertiary/aromatic N) is 3. The summed E-state index contributed by atoms with van der Waals surface area (Å²) in [7, 11) is 0. The number of nitrogens with one attached hydrogen (secondary N) is 2. The molecule has 0 spiro atoms. The molecule has 1 aromatic heterocycles. The molecule has 2 aromatic rings. The quantitative estimate of drug-likeness (QED) is 0.411. The average molecular weight is 622 g/mol. The fourth-order valence-corrected chi connectivity index (χ4v) is 7.40. The fourth-order valence-electron chi connectivity index (χ4n) is 7.40. The van der Waals surface area contributed by atoms with Gasteiger partial charge in [-0.3, -0.25) is 19.4 Å². The van der Waals surface area contributed by atoms with E-state index < -0.39 is 53.7 Å². The molecule has 12 heteroatoms. The Bertz CT molecular complexity index is 1650. The van der Waals surface area contributed by atoms with Gasteiger partial charge in [0.15, 0.2) is 0 Å². The molecule has 2 N–H and O–H groups in total. The molecule has 1 unspecified atom stereocenters. The van der Waals surface area contributed by atoms with E-state index in [0.29, 0.717) is 21.9 Å². The van der Waals surface area contributed by atoms with Crippen LogP contribution in [0.5, 0.6) is 0 Å². The van der Waals surface area contributed by atoms with Crippen molar-refractivity contribution in [2.75, 3.05) is 6.54 Å². The van der Waals surface area contributed by atoms with Crippen molar-refractivity contribution in [1.29, 1.82) is 5.26 Å². The van der Waals surface area contributed by atoms with Crippen LogP contribution in [0.15, 0.2) is 30.6 Å². The van der Waals surface area contributed by atoms with Crippen molar-refractivity contribution in [3.8, 4) is 18.4 Å². The molecule has 3 saturated carbocycles. The summed E-state index contributed by atoms with van der Waals surface area (Å²) in [6, 6.07) is 3.42. The first kappa shape index (κ1) is 30.8. The van der Waals surface area contributed by atoms with E-state index in [1.54, 1.807) is 24.4 Å². The Morgan fingerprint density at radius 1 is 1.18 bits per heavy atom. The van der Waals surface area contributed by atoms with Crippen LogP contribution in [0.4, 0.5) is 13.2 Å². The lowest BCUT2D eigenvalue weighted by Crippen LogP contribution is -2.60. The van der Waals surface area contributed by atoms with Crippen LogP contribution in [-0.4, -0.2) is 64.1 Å². The predicted octanol–water partition coefficient (Wildman–Crippen LogP) is 3.77. The predicted molar refractivity (Wildman–Crippen MR) is 156 cm³/mol. The molecule has 9 nitrogen and oxygen atoms in total. The summed E-state index contributed by atoms with van der Waals surface area (Å²) >= 11 is 0. The van der Waals surface area contributed by atoms with Crippen LogP contribution in [0, 0.1) is 46.8 Å². The maximum absolute atomic E-state index is 14.1. The standard InChI is InChI=1S/C33H34F3N5O4/c1-5-18-7-6-8-19-14-38-15-21(24(18)19)23(13-37)39-28(42)27-25-22(31(25,3)4)16-41(27)29(43)26(40-30(44)33(34,35)36)17(2)45-32(11-12-32)20-9-10-20/h1,6-8,14-15,17,20,22-23,25-27H,9-12,16H2,2-4H3,(H,39,42)(H,40,44)/t17-,22+,23?,25+,26+,27+/m1/s1. The molecule has 4 fully saturated rings. The lowest BCUT2D eigenvalue weighted by Gasteiger charge is -2.36. The maximum Gasteiger partial charge on any atom is 0.471 e. The second-order valence-electron chi connectivity index (χ2n) is 13.3. The zero-order valence-corrected chi connectivity index (χ0v) is 25.1. The molecular weight excluding hydrogens is 587 g/mol. The van der Waals surface area contributed by atoms with E-state index >= 15 is 0 Å². The molecule has 1 aromatic carbocycles. The number of halogens is 3. The van der Waals surface area contributed by atoms with Crippen molar-refractivity contribution in [3.05, 3.63) is 41.7 Å². The number of carbonyl (C=O) groups excluding carboxylic acids is 3. The van der Waals surface area contributed by atoms with E-state index in [-0.39, 0.29) is 29.7 Å². The first-order chi connectivity index (χ1) is 21.2. The lowest BCUT2D eigenvalue weighted by molar-refractivity contribution is -0.177. The summed E-state index contributed by atoms with van der Waals surface area (Å²) in [5.74, 6) is -1.23. The first-order valence-corrected chi connectivity index (χ1v) is 15.1. The van der Waals surface area contributed by atoms with E-state index in [1.165, 1.54) is 18.0 Å². The summed E-state index contributed by atoms with van der Waals surface area (Å²) in [5, 5.41) is 16.0. The molecule has 3 amide bonds. The number of pyridine rings is 1. The van der Waals surface area contributed by atoms with Crippen molar-refractivity contribution in [2.24, 2.45) is 23.2 Å². The largest absolute Gasteiger partial charge is 0.471 e. The number of nitriles is 1. The maximum atomic E-state index is 14.1. The number of hydrogen-bond donors (Lipinski definition) is 2. The van der Waals surface area contributed by atoms with Crippen LogP contribution in [-0.2, 0) is 19.1 Å². The van der Waals surface area contributed by atoms with Crippen molar-refractivity contribution in [1.82, 2.24) is 20.5 Å². The van der Waals surface area contributed by atoms with Gasteiger partial charge in [0.1, 0.15) is 18.1 Å². The average Bonchev–Trinajstić information content (AvgIpc) is 3.95. The fraction of sp³-hybridized carbons (Fsp3) is 0.545. The molecular formula is C33H34F3N5O4. The number of fused-ring (bicyclic) bond motifs is 2. The van der Waals surface area contributed by atoms with Crippen LogP contribution in [0.3, 0.4) is 0 Å². The molecule has 236 valence electrons.